The molecule has 0 bridgehead atoms. The Morgan fingerprint density at radius 2 is 2.07 bits per heavy atom. The van der Waals surface area contributed by atoms with E-state index in [0.29, 0.717) is 29.3 Å². The van der Waals surface area contributed by atoms with Crippen molar-refractivity contribution >= 4 is 17.6 Å². The summed E-state index contributed by atoms with van der Waals surface area (Å²) in [5.41, 5.74) is 2.03. The maximum absolute atomic E-state index is 11.2. The Kier molecular flexibility index (Phi) is 6.89. The Labute approximate surface area is 165 Å². The van der Waals surface area contributed by atoms with Gasteiger partial charge in [-0.05, 0) is 60.6 Å². The van der Waals surface area contributed by atoms with E-state index in [9.17, 15) is 9.90 Å². The molecule has 1 saturated carbocycles. The van der Waals surface area contributed by atoms with Crippen LogP contribution in [0.3, 0.4) is 0 Å². The van der Waals surface area contributed by atoms with Crippen molar-refractivity contribution in [3.8, 4) is 5.75 Å². The molecule has 1 fully saturated rings. The van der Waals surface area contributed by atoms with E-state index in [-0.39, 0.29) is 5.97 Å². The molecule has 3 atom stereocenters. The number of carbonyl (C=O) groups excluding carboxylic acids is 1. The number of rotatable bonds is 6. The van der Waals surface area contributed by atoms with Crippen molar-refractivity contribution in [3.05, 3.63) is 64.7 Å². The lowest BCUT2D eigenvalue weighted by atomic mass is 9.81. The highest BCUT2D eigenvalue weighted by molar-refractivity contribution is 6.30. The monoisotopic (exact) mass is 387 g/mol. The first-order chi connectivity index (χ1) is 13.0. The van der Waals surface area contributed by atoms with E-state index >= 15 is 0 Å². The molecule has 1 aliphatic carbocycles. The minimum atomic E-state index is -0.573. The number of benzene rings is 2. The summed E-state index contributed by atoms with van der Waals surface area (Å²) in [6.07, 6.45) is 3.79. The fourth-order valence-electron chi connectivity index (χ4n) is 3.79. The van der Waals surface area contributed by atoms with Gasteiger partial charge in [0.05, 0.1) is 6.10 Å². The zero-order chi connectivity index (χ0) is 19.2. The second-order valence-electron chi connectivity index (χ2n) is 7.21. The molecule has 2 aromatic carbocycles. The van der Waals surface area contributed by atoms with Gasteiger partial charge in [-0.3, -0.25) is 4.79 Å². The fraction of sp³-hybridized carbons (Fsp3) is 0.409. The summed E-state index contributed by atoms with van der Waals surface area (Å²) in [4.78, 5) is 11.2. The van der Waals surface area contributed by atoms with E-state index in [2.05, 4.69) is 11.4 Å². The summed E-state index contributed by atoms with van der Waals surface area (Å²) in [6, 6.07) is 15.5. The van der Waals surface area contributed by atoms with E-state index in [0.717, 1.165) is 31.2 Å². The van der Waals surface area contributed by atoms with Gasteiger partial charge in [0.2, 0.25) is 0 Å². The van der Waals surface area contributed by atoms with Gasteiger partial charge < -0.3 is 15.2 Å². The van der Waals surface area contributed by atoms with Gasteiger partial charge in [0.15, 0.2) is 0 Å². The number of aliphatic hydroxyl groups is 1. The molecule has 0 amide bonds. The topological polar surface area (TPSA) is 58.6 Å². The van der Waals surface area contributed by atoms with Crippen LogP contribution in [0.4, 0.5) is 0 Å². The predicted octanol–water partition coefficient (Wildman–Crippen LogP) is 4.61. The second kappa shape index (κ2) is 9.36. The Morgan fingerprint density at radius 3 is 2.85 bits per heavy atom. The van der Waals surface area contributed by atoms with Crippen molar-refractivity contribution in [2.45, 2.75) is 50.7 Å². The van der Waals surface area contributed by atoms with E-state index < -0.39 is 6.10 Å². The number of hydrogen-bond donors (Lipinski definition) is 2. The molecule has 27 heavy (non-hydrogen) atoms. The van der Waals surface area contributed by atoms with Crippen LogP contribution in [0.1, 0.15) is 55.8 Å². The van der Waals surface area contributed by atoms with Crippen LogP contribution in [0, 0.1) is 0 Å². The SMILES string of the molecule is CC(=O)Oc1cccc(C2CCCC(NCC(O)c3cccc(Cl)c3)C2)c1. The molecule has 2 aromatic rings. The molecule has 0 aromatic heterocycles. The van der Waals surface area contributed by atoms with Crippen LogP contribution < -0.4 is 10.1 Å². The zero-order valence-electron chi connectivity index (χ0n) is 15.5. The number of hydrogen-bond acceptors (Lipinski definition) is 4. The van der Waals surface area contributed by atoms with Crippen molar-refractivity contribution in [3.63, 3.8) is 0 Å². The van der Waals surface area contributed by atoms with E-state index in [1.165, 1.54) is 12.5 Å². The van der Waals surface area contributed by atoms with Gasteiger partial charge in [-0.1, -0.05) is 42.3 Å². The molecule has 0 saturated heterocycles. The van der Waals surface area contributed by atoms with Gasteiger partial charge in [0.25, 0.3) is 0 Å². The van der Waals surface area contributed by atoms with Gasteiger partial charge >= 0.3 is 5.97 Å². The first-order valence-electron chi connectivity index (χ1n) is 9.46. The van der Waals surface area contributed by atoms with Crippen LogP contribution in [0.2, 0.25) is 5.02 Å². The normalized spacial score (nSPS) is 20.9. The molecule has 0 radical (unpaired) electrons. The van der Waals surface area contributed by atoms with Gasteiger partial charge in [-0.2, -0.15) is 0 Å². The average Bonchev–Trinajstić information content (AvgIpc) is 2.66. The largest absolute Gasteiger partial charge is 0.427 e. The lowest BCUT2D eigenvalue weighted by molar-refractivity contribution is -0.131. The molecule has 0 heterocycles. The smallest absolute Gasteiger partial charge is 0.308 e. The minimum Gasteiger partial charge on any atom is -0.427 e. The molecule has 3 unspecified atom stereocenters. The highest BCUT2D eigenvalue weighted by Crippen LogP contribution is 2.34. The molecule has 4 nitrogen and oxygen atoms in total. The lowest BCUT2D eigenvalue weighted by Gasteiger charge is -2.31. The Balaban J connectivity index is 1.57. The number of ether oxygens (including phenoxy) is 1. The summed E-state index contributed by atoms with van der Waals surface area (Å²) in [5.74, 6) is 0.729. The molecule has 3 rings (SSSR count). The molecular weight excluding hydrogens is 362 g/mol. The number of nitrogens with one attached hydrogen (secondary N) is 1. The van der Waals surface area contributed by atoms with Crippen LogP contribution in [0.25, 0.3) is 0 Å². The van der Waals surface area contributed by atoms with Gasteiger partial charge in [-0.15, -0.1) is 0 Å². The Morgan fingerprint density at radius 1 is 1.26 bits per heavy atom. The number of esters is 1. The molecule has 0 aliphatic heterocycles. The van der Waals surface area contributed by atoms with Crippen LogP contribution in [-0.4, -0.2) is 23.7 Å². The number of halogens is 1. The van der Waals surface area contributed by atoms with Crippen LogP contribution in [-0.2, 0) is 4.79 Å². The van der Waals surface area contributed by atoms with Crippen LogP contribution >= 0.6 is 11.6 Å². The summed E-state index contributed by atoms with van der Waals surface area (Å²) < 4.78 is 5.21. The lowest BCUT2D eigenvalue weighted by Crippen LogP contribution is -2.36. The molecule has 5 heteroatoms. The van der Waals surface area contributed by atoms with E-state index in [1.54, 1.807) is 12.1 Å². The summed E-state index contributed by atoms with van der Waals surface area (Å²) >= 11 is 6.01. The molecule has 144 valence electrons. The first-order valence-corrected chi connectivity index (χ1v) is 9.84. The van der Waals surface area contributed by atoms with E-state index in [4.69, 9.17) is 16.3 Å². The van der Waals surface area contributed by atoms with Gasteiger partial charge in [0.1, 0.15) is 5.75 Å². The van der Waals surface area contributed by atoms with Crippen molar-refractivity contribution in [1.29, 1.82) is 0 Å². The fourth-order valence-corrected chi connectivity index (χ4v) is 3.98. The van der Waals surface area contributed by atoms with Crippen LogP contribution in [0.15, 0.2) is 48.5 Å². The third kappa shape index (κ3) is 5.80. The van der Waals surface area contributed by atoms with Crippen molar-refractivity contribution in [2.24, 2.45) is 0 Å². The molecule has 0 spiro atoms. The minimum absolute atomic E-state index is 0.301. The van der Waals surface area contributed by atoms with Crippen molar-refractivity contribution in [1.82, 2.24) is 5.32 Å². The third-order valence-corrected chi connectivity index (χ3v) is 5.33. The molecule has 2 N–H and O–H groups in total. The average molecular weight is 388 g/mol. The third-order valence-electron chi connectivity index (χ3n) is 5.10. The van der Waals surface area contributed by atoms with Crippen LogP contribution in [0.5, 0.6) is 5.75 Å². The second-order valence-corrected chi connectivity index (χ2v) is 7.64. The maximum atomic E-state index is 11.2. The quantitative estimate of drug-likeness (QED) is 0.561. The summed E-state index contributed by atoms with van der Waals surface area (Å²) in [5, 5.41) is 14.6. The molecule has 1 aliphatic rings. The summed E-state index contributed by atoms with van der Waals surface area (Å²) in [6.45, 7) is 1.92. The van der Waals surface area contributed by atoms with Gasteiger partial charge in [0, 0.05) is 24.5 Å². The Bertz CT molecular complexity index is 780. The predicted molar refractivity (Wildman–Crippen MR) is 107 cm³/mol. The zero-order valence-corrected chi connectivity index (χ0v) is 16.3. The molecular formula is C22H26ClNO3. The Hall–Kier alpha value is -1.88. The highest BCUT2D eigenvalue weighted by atomic mass is 35.5. The van der Waals surface area contributed by atoms with E-state index in [1.807, 2.05) is 30.3 Å². The highest BCUT2D eigenvalue weighted by Gasteiger charge is 2.24. The standard InChI is InChI=1S/C22H26ClNO3/c1-15(25)27-21-10-4-6-17(13-21)16-5-3-9-20(12-16)24-14-22(26)18-7-2-8-19(23)11-18/h2,4,6-8,10-11,13,16,20,22,24,26H,3,5,9,12,14H2,1H3. The first kappa shape index (κ1) is 19.9. The van der Waals surface area contributed by atoms with Gasteiger partial charge in [-0.25, -0.2) is 0 Å². The maximum Gasteiger partial charge on any atom is 0.308 e. The number of aliphatic hydroxyl groups excluding tert-OH is 1. The van der Waals surface area contributed by atoms with Crippen molar-refractivity contribution < 1.29 is 14.6 Å². The summed E-state index contributed by atoms with van der Waals surface area (Å²) in [7, 11) is 0. The number of carbonyl (C=O) groups is 1. The van der Waals surface area contributed by atoms with Crippen molar-refractivity contribution in [2.75, 3.05) is 6.54 Å².